The highest BCUT2D eigenvalue weighted by Gasteiger charge is 2.22. The second kappa shape index (κ2) is 10.3. The molecule has 0 unspecified atom stereocenters. The van der Waals surface area contributed by atoms with Gasteiger partial charge in [0.15, 0.2) is 0 Å². The molecule has 0 atom stereocenters. The van der Waals surface area contributed by atoms with Crippen molar-refractivity contribution in [1.29, 1.82) is 5.41 Å². The Morgan fingerprint density at radius 2 is 2.00 bits per heavy atom. The summed E-state index contributed by atoms with van der Waals surface area (Å²) in [5.74, 6) is -0.533. The fraction of sp³-hybridized carbons (Fsp3) is 0.385. The monoisotopic (exact) mass is 450 g/mol. The summed E-state index contributed by atoms with van der Waals surface area (Å²) in [5.41, 5.74) is 9.22. The fourth-order valence-electron chi connectivity index (χ4n) is 4.38. The van der Waals surface area contributed by atoms with E-state index in [1.54, 1.807) is 24.3 Å². The van der Waals surface area contributed by atoms with E-state index in [2.05, 4.69) is 16.8 Å². The number of rotatable bonds is 8. The van der Waals surface area contributed by atoms with Crippen molar-refractivity contribution in [2.45, 2.75) is 25.8 Å². The maximum Gasteiger partial charge on any atom is 0.269 e. The van der Waals surface area contributed by atoms with Gasteiger partial charge in [-0.05, 0) is 66.9 Å². The van der Waals surface area contributed by atoms with Gasteiger partial charge in [-0.25, -0.2) is 4.39 Å². The number of hydrogen-bond acceptors (Lipinski definition) is 5. The fourth-order valence-corrected chi connectivity index (χ4v) is 4.38. The van der Waals surface area contributed by atoms with E-state index in [0.29, 0.717) is 54.2 Å². The Morgan fingerprint density at radius 1 is 1.24 bits per heavy atom. The van der Waals surface area contributed by atoms with Gasteiger partial charge >= 0.3 is 0 Å². The first kappa shape index (κ1) is 23.1. The topological polar surface area (TPSA) is 91.4 Å². The maximum absolute atomic E-state index is 15.0. The molecule has 4 N–H and O–H groups in total. The average Bonchev–Trinajstić information content (AvgIpc) is 2.78. The number of nitrogens with one attached hydrogen (secondary N) is 2. The van der Waals surface area contributed by atoms with Gasteiger partial charge in [0.25, 0.3) is 5.91 Å². The lowest BCUT2D eigenvalue weighted by molar-refractivity contribution is -0.116. The normalized spacial score (nSPS) is 16.8. The molecular weight excluding hydrogens is 419 g/mol. The van der Waals surface area contributed by atoms with Crippen LogP contribution in [0.25, 0.3) is 17.2 Å². The first-order chi connectivity index (χ1) is 16.0. The molecule has 0 radical (unpaired) electrons. The van der Waals surface area contributed by atoms with Gasteiger partial charge in [-0.1, -0.05) is 25.1 Å². The molecule has 2 saturated heterocycles. The summed E-state index contributed by atoms with van der Waals surface area (Å²) in [5, 5.41) is 11.2. The molecule has 2 aliphatic heterocycles. The largest absolute Gasteiger partial charge is 0.398 e. The van der Waals surface area contributed by atoms with Gasteiger partial charge in [0.1, 0.15) is 11.5 Å². The van der Waals surface area contributed by atoms with Gasteiger partial charge in [0, 0.05) is 35.8 Å². The average molecular weight is 451 g/mol. The van der Waals surface area contributed by atoms with Gasteiger partial charge in [-0.3, -0.25) is 15.1 Å². The Bertz CT molecular complexity index is 1060. The van der Waals surface area contributed by atoms with E-state index < -0.39 is 5.91 Å². The SMILES string of the molecule is C=Cc1c(F)cc(CN2CCCCC2)cc1-c1ccc(N)c(C(=N)C(=O)NCC2COC2)c1. The van der Waals surface area contributed by atoms with Crippen LogP contribution in [0.2, 0.25) is 0 Å². The van der Waals surface area contributed by atoms with E-state index >= 15 is 4.39 Å². The van der Waals surface area contributed by atoms with Gasteiger partial charge in [0.2, 0.25) is 0 Å². The van der Waals surface area contributed by atoms with Crippen LogP contribution in [0, 0.1) is 17.1 Å². The Labute approximate surface area is 194 Å². The van der Waals surface area contributed by atoms with Gasteiger partial charge in [-0.2, -0.15) is 0 Å². The van der Waals surface area contributed by atoms with Crippen LogP contribution in [-0.4, -0.2) is 49.4 Å². The lowest BCUT2D eigenvalue weighted by Crippen LogP contribution is -2.41. The summed E-state index contributed by atoms with van der Waals surface area (Å²) < 4.78 is 20.1. The van der Waals surface area contributed by atoms with Crippen LogP contribution in [0.4, 0.5) is 10.1 Å². The Balaban J connectivity index is 1.61. The standard InChI is InChI=1S/C26H31FN4O2/c1-2-20-21(10-17(11-23(20)27)14-31-8-4-3-5-9-31)19-6-7-24(28)22(12-19)25(29)26(32)30-13-18-15-33-16-18/h2,6-7,10-12,18,29H,1,3-5,8-9,13-16,28H2,(H,30,32). The van der Waals surface area contributed by atoms with E-state index in [1.165, 1.54) is 25.3 Å². The molecule has 6 nitrogen and oxygen atoms in total. The van der Waals surface area contributed by atoms with E-state index in [9.17, 15) is 4.79 Å². The van der Waals surface area contributed by atoms with Gasteiger partial charge in [0.05, 0.1) is 13.2 Å². The summed E-state index contributed by atoms with van der Waals surface area (Å²) in [6.07, 6.45) is 5.08. The minimum Gasteiger partial charge on any atom is -0.398 e. The van der Waals surface area contributed by atoms with Crippen molar-refractivity contribution in [2.24, 2.45) is 5.92 Å². The molecule has 7 heteroatoms. The molecule has 174 valence electrons. The molecule has 1 amide bonds. The molecule has 0 saturated carbocycles. The minimum atomic E-state index is -0.486. The highest BCUT2D eigenvalue weighted by atomic mass is 19.1. The van der Waals surface area contributed by atoms with Crippen molar-refractivity contribution in [3.05, 3.63) is 59.4 Å². The molecule has 2 heterocycles. The highest BCUT2D eigenvalue weighted by molar-refractivity contribution is 6.45. The number of amides is 1. The molecule has 2 fully saturated rings. The molecule has 0 aromatic heterocycles. The lowest BCUT2D eigenvalue weighted by Gasteiger charge is -2.27. The molecule has 0 aliphatic carbocycles. The molecular formula is C26H31FN4O2. The summed E-state index contributed by atoms with van der Waals surface area (Å²) >= 11 is 0. The van der Waals surface area contributed by atoms with Crippen molar-refractivity contribution in [3.8, 4) is 11.1 Å². The number of likely N-dealkylation sites (tertiary alicyclic amines) is 1. The number of hydrogen-bond donors (Lipinski definition) is 3. The number of carbonyl (C=O) groups excluding carboxylic acids is 1. The third kappa shape index (κ3) is 5.31. The van der Waals surface area contributed by atoms with E-state index in [-0.39, 0.29) is 17.4 Å². The summed E-state index contributed by atoms with van der Waals surface area (Å²) in [4.78, 5) is 14.9. The number of anilines is 1. The molecule has 2 aromatic rings. The number of ether oxygens (including phenoxy) is 1. The molecule has 0 spiro atoms. The Kier molecular flexibility index (Phi) is 7.20. The minimum absolute atomic E-state index is 0.209. The number of nitrogens with zero attached hydrogens (tertiary/aromatic N) is 1. The Hall–Kier alpha value is -3.03. The number of benzene rings is 2. The molecule has 2 aromatic carbocycles. The highest BCUT2D eigenvalue weighted by Crippen LogP contribution is 2.31. The van der Waals surface area contributed by atoms with Crippen molar-refractivity contribution < 1.29 is 13.9 Å². The number of nitrogens with two attached hydrogens (primary N) is 1. The number of piperidine rings is 1. The first-order valence-corrected chi connectivity index (χ1v) is 11.5. The molecule has 2 aliphatic rings. The maximum atomic E-state index is 15.0. The third-order valence-corrected chi connectivity index (χ3v) is 6.37. The number of halogens is 1. The zero-order chi connectivity index (χ0) is 23.4. The van der Waals surface area contributed by atoms with Crippen LogP contribution in [0.1, 0.15) is 36.0 Å². The molecule has 0 bridgehead atoms. The molecule has 4 rings (SSSR count). The van der Waals surface area contributed by atoms with Crippen LogP contribution >= 0.6 is 0 Å². The van der Waals surface area contributed by atoms with E-state index in [1.807, 2.05) is 6.07 Å². The van der Waals surface area contributed by atoms with Gasteiger partial charge in [-0.15, -0.1) is 0 Å². The smallest absolute Gasteiger partial charge is 0.269 e. The van der Waals surface area contributed by atoms with Crippen LogP contribution in [0.15, 0.2) is 36.9 Å². The first-order valence-electron chi connectivity index (χ1n) is 11.5. The van der Waals surface area contributed by atoms with Crippen LogP contribution in [0.5, 0.6) is 0 Å². The summed E-state index contributed by atoms with van der Waals surface area (Å²) in [7, 11) is 0. The second-order valence-electron chi connectivity index (χ2n) is 8.87. The predicted octanol–water partition coefficient (Wildman–Crippen LogP) is 3.83. The van der Waals surface area contributed by atoms with Crippen molar-refractivity contribution in [1.82, 2.24) is 10.2 Å². The van der Waals surface area contributed by atoms with Gasteiger partial charge < -0.3 is 15.8 Å². The van der Waals surface area contributed by atoms with Crippen molar-refractivity contribution in [2.75, 3.05) is 38.6 Å². The van der Waals surface area contributed by atoms with Crippen molar-refractivity contribution >= 4 is 23.4 Å². The number of carbonyl (C=O) groups is 1. The lowest BCUT2D eigenvalue weighted by atomic mass is 9.93. The summed E-state index contributed by atoms with van der Waals surface area (Å²) in [6.45, 7) is 8.22. The second-order valence-corrected chi connectivity index (χ2v) is 8.87. The number of nitrogen functional groups attached to an aromatic ring is 1. The molecule has 33 heavy (non-hydrogen) atoms. The predicted molar refractivity (Wildman–Crippen MR) is 130 cm³/mol. The zero-order valence-corrected chi connectivity index (χ0v) is 18.8. The van der Waals surface area contributed by atoms with E-state index in [4.69, 9.17) is 15.9 Å². The third-order valence-electron chi connectivity index (χ3n) is 6.37. The van der Waals surface area contributed by atoms with Crippen LogP contribution < -0.4 is 11.1 Å². The van der Waals surface area contributed by atoms with E-state index in [0.717, 1.165) is 18.7 Å². The Morgan fingerprint density at radius 3 is 2.67 bits per heavy atom. The van der Waals surface area contributed by atoms with Crippen molar-refractivity contribution in [3.63, 3.8) is 0 Å². The quantitative estimate of drug-likeness (QED) is 0.421. The zero-order valence-electron chi connectivity index (χ0n) is 18.8. The summed E-state index contributed by atoms with van der Waals surface area (Å²) in [6, 6.07) is 8.70. The van der Waals surface area contributed by atoms with Crippen LogP contribution in [0.3, 0.4) is 0 Å². The van der Waals surface area contributed by atoms with Crippen LogP contribution in [-0.2, 0) is 16.1 Å².